The van der Waals surface area contributed by atoms with Gasteiger partial charge < -0.3 is 10.2 Å². The smallest absolute Gasteiger partial charge is 0.244 e. The van der Waals surface area contributed by atoms with Gasteiger partial charge in [-0.15, -0.1) is 0 Å². The van der Waals surface area contributed by atoms with Gasteiger partial charge in [-0.2, -0.15) is 0 Å². The molecule has 9 heteroatoms. The van der Waals surface area contributed by atoms with Crippen molar-refractivity contribution in [3.05, 3.63) is 100 Å². The summed E-state index contributed by atoms with van der Waals surface area (Å²) in [5.74, 6) is -0.748. The Bertz CT molecular complexity index is 1440. The Morgan fingerprint density at radius 1 is 0.905 bits per heavy atom. The molecule has 2 atom stereocenters. The Morgan fingerprint density at radius 2 is 1.50 bits per heavy atom. The van der Waals surface area contributed by atoms with Gasteiger partial charge in [0.2, 0.25) is 21.8 Å². The summed E-state index contributed by atoms with van der Waals surface area (Å²) < 4.78 is 28.0. The van der Waals surface area contributed by atoms with E-state index >= 15 is 0 Å². The van der Waals surface area contributed by atoms with Gasteiger partial charge in [-0.25, -0.2) is 8.42 Å². The van der Waals surface area contributed by atoms with Gasteiger partial charge in [0.15, 0.2) is 0 Å². The molecular weight excluding hydrogens is 614 g/mol. The van der Waals surface area contributed by atoms with Gasteiger partial charge in [-0.05, 0) is 59.7 Å². The quantitative estimate of drug-likeness (QED) is 0.257. The Balaban J connectivity index is 2.05. The standard InChI is InChI=1S/C33H42BrN3O4S/c1-7-24(2)35-32(39)30(21-25-11-9-8-10-12-25)36(22-26-13-17-28(34)18-14-26)31(38)23-37(42(6,40)41)29-19-15-27(16-20-29)33(3,4)5/h8-20,24,30H,7,21-23H2,1-6H3,(H,35,39)/t24-,30-/m0/s1. The normalized spacial score (nSPS) is 13.2. The first-order valence-corrected chi connectivity index (χ1v) is 16.8. The monoisotopic (exact) mass is 655 g/mol. The van der Waals surface area contributed by atoms with Crippen LogP contribution in [0.5, 0.6) is 0 Å². The summed E-state index contributed by atoms with van der Waals surface area (Å²) in [5.41, 5.74) is 3.05. The zero-order valence-electron chi connectivity index (χ0n) is 25.3. The molecule has 0 fully saturated rings. The fourth-order valence-corrected chi connectivity index (χ4v) is 5.64. The number of halogens is 1. The predicted molar refractivity (Wildman–Crippen MR) is 174 cm³/mol. The maximum absolute atomic E-state index is 14.2. The summed E-state index contributed by atoms with van der Waals surface area (Å²) >= 11 is 3.45. The topological polar surface area (TPSA) is 86.8 Å². The minimum atomic E-state index is -3.82. The van der Waals surface area contributed by atoms with E-state index in [0.717, 1.165) is 38.1 Å². The summed E-state index contributed by atoms with van der Waals surface area (Å²) in [6.45, 7) is 9.84. The van der Waals surface area contributed by atoms with Gasteiger partial charge in [0, 0.05) is 23.5 Å². The Labute approximate surface area is 259 Å². The van der Waals surface area contributed by atoms with Crippen LogP contribution in [0.3, 0.4) is 0 Å². The summed E-state index contributed by atoms with van der Waals surface area (Å²) in [6.07, 6.45) is 2.11. The average Bonchev–Trinajstić information content (AvgIpc) is 2.94. The number of carbonyl (C=O) groups is 2. The second-order valence-electron chi connectivity index (χ2n) is 11.7. The van der Waals surface area contributed by atoms with Crippen LogP contribution < -0.4 is 9.62 Å². The van der Waals surface area contributed by atoms with Crippen LogP contribution >= 0.6 is 15.9 Å². The van der Waals surface area contributed by atoms with E-state index in [4.69, 9.17) is 0 Å². The molecule has 0 spiro atoms. The molecule has 0 bridgehead atoms. The molecule has 226 valence electrons. The zero-order valence-corrected chi connectivity index (χ0v) is 27.7. The van der Waals surface area contributed by atoms with Crippen molar-refractivity contribution in [2.75, 3.05) is 17.1 Å². The molecule has 0 saturated heterocycles. The first-order valence-electron chi connectivity index (χ1n) is 14.2. The summed E-state index contributed by atoms with van der Waals surface area (Å²) in [6, 6.07) is 23.3. The second kappa shape index (κ2) is 14.3. The number of nitrogens with one attached hydrogen (secondary N) is 1. The summed E-state index contributed by atoms with van der Waals surface area (Å²) in [4.78, 5) is 29.4. The molecular formula is C33H42BrN3O4S. The van der Waals surface area contributed by atoms with E-state index < -0.39 is 28.5 Å². The van der Waals surface area contributed by atoms with E-state index in [0.29, 0.717) is 5.69 Å². The molecule has 0 aromatic heterocycles. The SMILES string of the molecule is CC[C@H](C)NC(=O)[C@H](Cc1ccccc1)N(Cc1ccc(Br)cc1)C(=O)CN(c1ccc(C(C)(C)C)cc1)S(C)(=O)=O. The zero-order chi connectivity index (χ0) is 31.1. The lowest BCUT2D eigenvalue weighted by Gasteiger charge is -2.34. The first-order chi connectivity index (χ1) is 19.7. The lowest BCUT2D eigenvalue weighted by Crippen LogP contribution is -2.54. The molecule has 0 unspecified atom stereocenters. The highest BCUT2D eigenvalue weighted by molar-refractivity contribution is 9.10. The Kier molecular flexibility index (Phi) is 11.4. The number of anilines is 1. The van der Waals surface area contributed by atoms with E-state index in [1.54, 1.807) is 12.1 Å². The number of benzene rings is 3. The predicted octanol–water partition coefficient (Wildman–Crippen LogP) is 6.07. The lowest BCUT2D eigenvalue weighted by molar-refractivity contribution is -0.140. The molecule has 42 heavy (non-hydrogen) atoms. The molecule has 0 saturated carbocycles. The average molecular weight is 657 g/mol. The molecule has 7 nitrogen and oxygen atoms in total. The van der Waals surface area contributed by atoms with Gasteiger partial charge in [0.1, 0.15) is 12.6 Å². The van der Waals surface area contributed by atoms with Crippen molar-refractivity contribution in [2.45, 2.75) is 71.5 Å². The van der Waals surface area contributed by atoms with Crippen molar-refractivity contribution in [2.24, 2.45) is 0 Å². The minimum absolute atomic E-state index is 0.0887. The molecule has 0 radical (unpaired) electrons. The highest BCUT2D eigenvalue weighted by Gasteiger charge is 2.33. The van der Waals surface area contributed by atoms with Crippen molar-refractivity contribution >= 4 is 43.5 Å². The van der Waals surface area contributed by atoms with Crippen LogP contribution in [0.15, 0.2) is 83.3 Å². The number of carbonyl (C=O) groups excluding carboxylic acids is 2. The number of amides is 2. The highest BCUT2D eigenvalue weighted by Crippen LogP contribution is 2.26. The molecule has 0 aliphatic heterocycles. The van der Waals surface area contributed by atoms with E-state index in [2.05, 4.69) is 42.0 Å². The van der Waals surface area contributed by atoms with E-state index in [1.165, 1.54) is 4.90 Å². The first kappa shape index (κ1) is 33.3. The molecule has 3 aromatic carbocycles. The molecule has 0 heterocycles. The third-order valence-electron chi connectivity index (χ3n) is 7.24. The van der Waals surface area contributed by atoms with Crippen LogP contribution in [0.2, 0.25) is 0 Å². The van der Waals surface area contributed by atoms with Crippen molar-refractivity contribution in [1.82, 2.24) is 10.2 Å². The van der Waals surface area contributed by atoms with Crippen LogP contribution in [-0.4, -0.2) is 50.0 Å². The van der Waals surface area contributed by atoms with Crippen LogP contribution in [0.4, 0.5) is 5.69 Å². The minimum Gasteiger partial charge on any atom is -0.352 e. The molecule has 1 N–H and O–H groups in total. The van der Waals surface area contributed by atoms with Gasteiger partial charge in [-0.3, -0.25) is 13.9 Å². The maximum atomic E-state index is 14.2. The third-order valence-corrected chi connectivity index (χ3v) is 8.91. The summed E-state index contributed by atoms with van der Waals surface area (Å²) in [5, 5.41) is 3.04. The number of hydrogen-bond acceptors (Lipinski definition) is 4. The van der Waals surface area contributed by atoms with Gasteiger partial charge >= 0.3 is 0 Å². The maximum Gasteiger partial charge on any atom is 0.244 e. The lowest BCUT2D eigenvalue weighted by atomic mass is 9.87. The van der Waals surface area contributed by atoms with Crippen LogP contribution in [0.25, 0.3) is 0 Å². The number of hydrogen-bond donors (Lipinski definition) is 1. The molecule has 3 aromatic rings. The van der Waals surface area contributed by atoms with Crippen LogP contribution in [-0.2, 0) is 38.0 Å². The van der Waals surface area contributed by atoms with E-state index in [-0.39, 0.29) is 30.3 Å². The molecule has 2 amide bonds. The Morgan fingerprint density at radius 3 is 2.02 bits per heavy atom. The molecule has 0 aliphatic carbocycles. The number of rotatable bonds is 12. The van der Waals surface area contributed by atoms with Crippen molar-refractivity contribution < 1.29 is 18.0 Å². The summed E-state index contributed by atoms with van der Waals surface area (Å²) in [7, 11) is -3.82. The molecule has 0 aliphatic rings. The van der Waals surface area contributed by atoms with Crippen LogP contribution in [0, 0.1) is 0 Å². The third kappa shape index (κ3) is 9.42. The van der Waals surface area contributed by atoms with E-state index in [9.17, 15) is 18.0 Å². The largest absolute Gasteiger partial charge is 0.352 e. The fourth-order valence-electron chi connectivity index (χ4n) is 4.52. The van der Waals surface area contributed by atoms with Gasteiger partial charge in [0.05, 0.1) is 11.9 Å². The van der Waals surface area contributed by atoms with Crippen LogP contribution in [0.1, 0.15) is 57.7 Å². The van der Waals surface area contributed by atoms with Crippen molar-refractivity contribution in [3.8, 4) is 0 Å². The number of nitrogens with zero attached hydrogens (tertiary/aromatic N) is 2. The fraction of sp³-hybridized carbons (Fsp3) is 0.394. The van der Waals surface area contributed by atoms with Crippen molar-refractivity contribution in [3.63, 3.8) is 0 Å². The number of sulfonamides is 1. The van der Waals surface area contributed by atoms with Crippen molar-refractivity contribution in [1.29, 1.82) is 0 Å². The Hall–Kier alpha value is -3.17. The second-order valence-corrected chi connectivity index (χ2v) is 14.6. The van der Waals surface area contributed by atoms with E-state index in [1.807, 2.05) is 80.6 Å². The van der Waals surface area contributed by atoms with Gasteiger partial charge in [-0.1, -0.05) is 98.2 Å². The molecule has 3 rings (SSSR count). The van der Waals surface area contributed by atoms with Gasteiger partial charge in [0.25, 0.3) is 0 Å². The highest BCUT2D eigenvalue weighted by atomic mass is 79.9.